The molecule has 2 amide bonds. The normalized spacial score (nSPS) is 13.7. The van der Waals surface area contributed by atoms with E-state index in [-0.39, 0.29) is 38.5 Å². The number of amides is 2. The summed E-state index contributed by atoms with van der Waals surface area (Å²) in [6.07, 6.45) is -0.750. The van der Waals surface area contributed by atoms with E-state index in [1.54, 1.807) is 20.8 Å². The molecular weight excluding hydrogens is 437 g/mol. The number of nitrogens with two attached hydrogens (primary N) is 1. The van der Waals surface area contributed by atoms with E-state index < -0.39 is 38.2 Å². The molecule has 11 heteroatoms. The second kappa shape index (κ2) is 14.6. The Kier molecular flexibility index (Phi) is 12.6. The van der Waals surface area contributed by atoms with Gasteiger partial charge in [-0.2, -0.15) is 0 Å². The number of esters is 1. The topological polar surface area (TPSA) is 137 Å². The number of carbonyl (C=O) groups is 3. The summed E-state index contributed by atoms with van der Waals surface area (Å²) in [6.45, 7) is 5.51. The standard InChI is InChI=1S/C21H34N3O7P/c1-5-30-18(25)13-17(24(32(28)29-4)20(26)19(22)15(2)3)11-12-23-21(27)31-14-16-9-7-6-8-10-16/h6-10,15,17,19,32H,5,11-14,22H2,1-4H3,(H,23,27)/t17-,19+/m1/s1. The molecule has 0 bridgehead atoms. The summed E-state index contributed by atoms with van der Waals surface area (Å²) in [5.41, 5.74) is 6.81. The molecule has 0 heterocycles. The van der Waals surface area contributed by atoms with Crippen molar-refractivity contribution in [2.24, 2.45) is 11.7 Å². The first-order chi connectivity index (χ1) is 15.2. The van der Waals surface area contributed by atoms with Gasteiger partial charge in [-0.3, -0.25) is 18.8 Å². The largest absolute Gasteiger partial charge is 0.466 e. The van der Waals surface area contributed by atoms with Crippen molar-refractivity contribution in [3.63, 3.8) is 0 Å². The number of nitrogens with one attached hydrogen (secondary N) is 1. The van der Waals surface area contributed by atoms with Crippen LogP contribution < -0.4 is 11.1 Å². The van der Waals surface area contributed by atoms with Gasteiger partial charge in [0.2, 0.25) is 5.91 Å². The van der Waals surface area contributed by atoms with Crippen LogP contribution in [0.4, 0.5) is 4.79 Å². The smallest absolute Gasteiger partial charge is 0.407 e. The second-order valence-corrected chi connectivity index (χ2v) is 8.81. The van der Waals surface area contributed by atoms with Crippen LogP contribution in [0.1, 0.15) is 39.2 Å². The van der Waals surface area contributed by atoms with Crippen LogP contribution >= 0.6 is 8.18 Å². The summed E-state index contributed by atoms with van der Waals surface area (Å²) in [4.78, 5) is 37.0. The summed E-state index contributed by atoms with van der Waals surface area (Å²) in [5, 5.41) is 2.58. The molecule has 0 fully saturated rings. The lowest BCUT2D eigenvalue weighted by Crippen LogP contribution is -2.49. The van der Waals surface area contributed by atoms with Crippen molar-refractivity contribution in [3.8, 4) is 0 Å². The zero-order valence-corrected chi connectivity index (χ0v) is 20.0. The molecule has 1 unspecified atom stereocenters. The molecule has 32 heavy (non-hydrogen) atoms. The number of ether oxygens (including phenoxy) is 2. The summed E-state index contributed by atoms with van der Waals surface area (Å²) in [7, 11) is -1.78. The van der Waals surface area contributed by atoms with Gasteiger partial charge in [0.1, 0.15) is 6.61 Å². The number of hydrogen-bond acceptors (Lipinski definition) is 8. The van der Waals surface area contributed by atoms with Gasteiger partial charge in [-0.1, -0.05) is 44.2 Å². The minimum atomic E-state index is -3.00. The Morgan fingerprint density at radius 2 is 1.81 bits per heavy atom. The van der Waals surface area contributed by atoms with E-state index in [9.17, 15) is 18.9 Å². The third-order valence-corrected chi connectivity index (χ3v) is 5.97. The number of nitrogens with zero attached hydrogens (tertiary/aromatic N) is 1. The molecule has 3 N–H and O–H groups in total. The van der Waals surface area contributed by atoms with Crippen LogP contribution in [0, 0.1) is 5.92 Å². The Labute approximate surface area is 189 Å². The Balaban J connectivity index is 2.83. The number of rotatable bonds is 13. The number of hydrogen-bond donors (Lipinski definition) is 2. The molecule has 0 aliphatic rings. The van der Waals surface area contributed by atoms with E-state index in [1.165, 1.54) is 7.11 Å². The van der Waals surface area contributed by atoms with Crippen molar-refractivity contribution < 1.29 is 32.9 Å². The first-order valence-corrected chi connectivity index (χ1v) is 11.7. The molecule has 0 saturated carbocycles. The van der Waals surface area contributed by atoms with Gasteiger partial charge < -0.3 is 25.0 Å². The second-order valence-electron chi connectivity index (χ2n) is 7.39. The lowest BCUT2D eigenvalue weighted by molar-refractivity contribution is -0.144. The van der Waals surface area contributed by atoms with E-state index in [4.69, 9.17) is 19.7 Å². The van der Waals surface area contributed by atoms with Gasteiger partial charge in [0, 0.05) is 13.7 Å². The van der Waals surface area contributed by atoms with Crippen LogP contribution in [-0.4, -0.2) is 55.0 Å². The Bertz CT molecular complexity index is 761. The highest BCUT2D eigenvalue weighted by molar-refractivity contribution is 7.37. The molecule has 1 rings (SSSR count). The van der Waals surface area contributed by atoms with E-state index in [1.807, 2.05) is 30.3 Å². The van der Waals surface area contributed by atoms with Crippen molar-refractivity contribution in [1.29, 1.82) is 0 Å². The van der Waals surface area contributed by atoms with Crippen LogP contribution in [0.15, 0.2) is 30.3 Å². The fourth-order valence-electron chi connectivity index (χ4n) is 2.81. The fourth-order valence-corrected chi connectivity index (χ4v) is 3.86. The highest BCUT2D eigenvalue weighted by Gasteiger charge is 2.34. The van der Waals surface area contributed by atoms with Crippen molar-refractivity contribution in [2.45, 2.75) is 52.3 Å². The van der Waals surface area contributed by atoms with Gasteiger partial charge in [-0.05, 0) is 24.8 Å². The fraction of sp³-hybridized carbons (Fsp3) is 0.571. The minimum Gasteiger partial charge on any atom is -0.466 e. The predicted octanol–water partition coefficient (Wildman–Crippen LogP) is 2.47. The van der Waals surface area contributed by atoms with E-state index in [0.717, 1.165) is 10.2 Å². The van der Waals surface area contributed by atoms with Crippen molar-refractivity contribution in [2.75, 3.05) is 20.3 Å². The zero-order chi connectivity index (χ0) is 24.1. The quantitative estimate of drug-likeness (QED) is 0.331. The molecule has 0 aliphatic heterocycles. The summed E-state index contributed by atoms with van der Waals surface area (Å²) in [5.74, 6) is -1.37. The van der Waals surface area contributed by atoms with Crippen molar-refractivity contribution in [1.82, 2.24) is 9.99 Å². The maximum absolute atomic E-state index is 12.9. The predicted molar refractivity (Wildman–Crippen MR) is 120 cm³/mol. The van der Waals surface area contributed by atoms with E-state index >= 15 is 0 Å². The van der Waals surface area contributed by atoms with E-state index in [0.29, 0.717) is 0 Å². The monoisotopic (exact) mass is 471 g/mol. The average Bonchev–Trinajstić information content (AvgIpc) is 2.77. The van der Waals surface area contributed by atoms with Crippen molar-refractivity contribution in [3.05, 3.63) is 35.9 Å². The molecule has 1 aromatic rings. The third-order valence-electron chi connectivity index (χ3n) is 4.64. The molecule has 0 aromatic heterocycles. The molecule has 180 valence electrons. The molecule has 10 nitrogen and oxygen atoms in total. The Morgan fingerprint density at radius 3 is 2.38 bits per heavy atom. The van der Waals surface area contributed by atoms with Gasteiger partial charge in [0.25, 0.3) is 8.18 Å². The van der Waals surface area contributed by atoms with Gasteiger partial charge in [0.05, 0.1) is 25.1 Å². The van der Waals surface area contributed by atoms with Gasteiger partial charge in [0.15, 0.2) is 0 Å². The van der Waals surface area contributed by atoms with Gasteiger partial charge in [-0.25, -0.2) is 4.79 Å². The lowest BCUT2D eigenvalue weighted by Gasteiger charge is -2.32. The van der Waals surface area contributed by atoms with Crippen LogP contribution in [0.3, 0.4) is 0 Å². The first-order valence-electron chi connectivity index (χ1n) is 10.5. The summed E-state index contributed by atoms with van der Waals surface area (Å²) >= 11 is 0. The van der Waals surface area contributed by atoms with Crippen molar-refractivity contribution >= 4 is 26.1 Å². The molecule has 3 atom stereocenters. The van der Waals surface area contributed by atoms with Crippen LogP contribution in [0.2, 0.25) is 0 Å². The van der Waals surface area contributed by atoms with Gasteiger partial charge in [-0.15, -0.1) is 0 Å². The van der Waals surface area contributed by atoms with Crippen LogP contribution in [-0.2, 0) is 34.8 Å². The number of benzene rings is 1. The highest BCUT2D eigenvalue weighted by atomic mass is 31.1. The Morgan fingerprint density at radius 1 is 1.16 bits per heavy atom. The summed E-state index contributed by atoms with van der Waals surface area (Å²) in [6, 6.07) is 7.42. The number of carbonyl (C=O) groups excluding carboxylic acids is 3. The molecule has 0 spiro atoms. The number of alkyl carbamates (subject to hydrolysis) is 1. The summed E-state index contributed by atoms with van der Waals surface area (Å²) < 4.78 is 28.7. The maximum Gasteiger partial charge on any atom is 0.407 e. The van der Waals surface area contributed by atoms with Gasteiger partial charge >= 0.3 is 12.1 Å². The molecule has 0 saturated heterocycles. The SMILES string of the molecule is CCOC(=O)C[C@@H](CCNC(=O)OCc1ccccc1)N(C(=O)[C@@H](N)C(C)C)[PH](=O)OC. The van der Waals surface area contributed by atoms with E-state index in [2.05, 4.69) is 5.32 Å². The minimum absolute atomic E-state index is 0.0667. The third kappa shape index (κ3) is 9.38. The lowest BCUT2D eigenvalue weighted by atomic mass is 10.0. The van der Waals surface area contributed by atoms with Crippen LogP contribution in [0.5, 0.6) is 0 Å². The molecule has 0 aliphatic carbocycles. The molecule has 0 radical (unpaired) electrons. The van der Waals surface area contributed by atoms with Crippen LogP contribution in [0.25, 0.3) is 0 Å². The molecular formula is C21H34N3O7P. The highest BCUT2D eigenvalue weighted by Crippen LogP contribution is 2.33. The first kappa shape index (κ1) is 27.6. The molecule has 1 aromatic carbocycles. The maximum atomic E-state index is 12.9. The average molecular weight is 471 g/mol. The zero-order valence-electron chi connectivity index (χ0n) is 19.0. The Hall–Kier alpha value is -2.42.